The van der Waals surface area contributed by atoms with Crippen LogP contribution in [0.15, 0.2) is 30.3 Å². The molecule has 1 aromatic rings. The molecular formula is C15H18O4. The number of carbonyl (C=O) groups is 2. The zero-order chi connectivity index (χ0) is 14.0. The topological polar surface area (TPSA) is 74.6 Å². The van der Waals surface area contributed by atoms with Gasteiger partial charge in [0.1, 0.15) is 0 Å². The molecule has 0 saturated heterocycles. The smallest absolute Gasteiger partial charge is 0.307 e. The number of hydrogen-bond acceptors (Lipinski definition) is 2. The number of carboxylic acids is 2. The quantitative estimate of drug-likeness (QED) is 0.878. The van der Waals surface area contributed by atoms with E-state index in [1.807, 2.05) is 37.3 Å². The summed E-state index contributed by atoms with van der Waals surface area (Å²) >= 11 is 0. The first-order valence-corrected chi connectivity index (χ1v) is 6.53. The third-order valence-electron chi connectivity index (χ3n) is 4.25. The standard InChI is InChI=1S/C15H18O4/c1-9-11(10-5-3-2-4-6-10)7-8-12(14(16)17)13(9)15(18)19/h2-6,9,11-13H,7-8H2,1H3,(H,16,17)(H,18,19)/t9-,11-,12+,13-/m1/s1. The summed E-state index contributed by atoms with van der Waals surface area (Å²) in [5.41, 5.74) is 1.10. The monoisotopic (exact) mass is 262 g/mol. The number of aliphatic carboxylic acids is 2. The summed E-state index contributed by atoms with van der Waals surface area (Å²) in [4.78, 5) is 22.6. The van der Waals surface area contributed by atoms with E-state index in [2.05, 4.69) is 0 Å². The lowest BCUT2D eigenvalue weighted by atomic mass is 9.65. The number of carboxylic acid groups (broad SMARTS) is 2. The van der Waals surface area contributed by atoms with Crippen LogP contribution < -0.4 is 0 Å². The van der Waals surface area contributed by atoms with Crippen LogP contribution in [0.4, 0.5) is 0 Å². The van der Waals surface area contributed by atoms with Crippen molar-refractivity contribution >= 4 is 11.9 Å². The van der Waals surface area contributed by atoms with E-state index in [1.54, 1.807) is 0 Å². The van der Waals surface area contributed by atoms with Gasteiger partial charge in [-0.3, -0.25) is 9.59 Å². The molecule has 1 saturated carbocycles. The first-order valence-electron chi connectivity index (χ1n) is 6.53. The van der Waals surface area contributed by atoms with E-state index in [0.717, 1.165) is 12.0 Å². The van der Waals surface area contributed by atoms with Gasteiger partial charge in [0, 0.05) is 0 Å². The first-order chi connectivity index (χ1) is 9.02. The molecule has 102 valence electrons. The SMILES string of the molecule is C[C@H]1[C@@H](C(=O)O)[C@@H](C(=O)O)CC[C@H]1c1ccccc1. The van der Waals surface area contributed by atoms with E-state index in [-0.39, 0.29) is 11.8 Å². The van der Waals surface area contributed by atoms with Gasteiger partial charge < -0.3 is 10.2 Å². The zero-order valence-electron chi connectivity index (χ0n) is 10.8. The minimum atomic E-state index is -1.000. The average Bonchev–Trinajstić information content (AvgIpc) is 2.38. The van der Waals surface area contributed by atoms with Gasteiger partial charge in [-0.25, -0.2) is 0 Å². The molecule has 2 N–H and O–H groups in total. The molecule has 4 heteroatoms. The van der Waals surface area contributed by atoms with E-state index >= 15 is 0 Å². The van der Waals surface area contributed by atoms with Crippen LogP contribution in [0.2, 0.25) is 0 Å². The van der Waals surface area contributed by atoms with Crippen LogP contribution in [0.3, 0.4) is 0 Å². The van der Waals surface area contributed by atoms with Crippen molar-refractivity contribution in [1.82, 2.24) is 0 Å². The molecule has 0 radical (unpaired) electrons. The molecule has 0 bridgehead atoms. The molecule has 2 rings (SSSR count). The lowest BCUT2D eigenvalue weighted by molar-refractivity contribution is -0.158. The Balaban J connectivity index is 2.28. The Bertz CT molecular complexity index is 468. The van der Waals surface area contributed by atoms with Crippen molar-refractivity contribution in [3.05, 3.63) is 35.9 Å². The molecule has 0 aromatic heterocycles. The second-order valence-electron chi connectivity index (χ2n) is 5.26. The van der Waals surface area contributed by atoms with Gasteiger partial charge in [-0.05, 0) is 30.2 Å². The molecule has 1 aliphatic carbocycles. The molecule has 1 aliphatic rings. The van der Waals surface area contributed by atoms with Crippen molar-refractivity contribution in [1.29, 1.82) is 0 Å². The summed E-state index contributed by atoms with van der Waals surface area (Å²) in [6, 6.07) is 9.76. The molecular weight excluding hydrogens is 244 g/mol. The Labute approximate surface area is 112 Å². The summed E-state index contributed by atoms with van der Waals surface area (Å²) in [7, 11) is 0. The Kier molecular flexibility index (Phi) is 3.88. The molecule has 1 fully saturated rings. The van der Waals surface area contributed by atoms with Crippen LogP contribution in [-0.2, 0) is 9.59 Å². The summed E-state index contributed by atoms with van der Waals surface area (Å²) in [5, 5.41) is 18.5. The Hall–Kier alpha value is -1.84. The highest BCUT2D eigenvalue weighted by Gasteiger charge is 2.44. The summed E-state index contributed by atoms with van der Waals surface area (Å²) in [5.74, 6) is -3.62. The molecule has 1 aromatic carbocycles. The average molecular weight is 262 g/mol. The van der Waals surface area contributed by atoms with Gasteiger partial charge in [0.2, 0.25) is 0 Å². The van der Waals surface area contributed by atoms with Crippen LogP contribution in [0, 0.1) is 17.8 Å². The lowest BCUT2D eigenvalue weighted by Gasteiger charge is -2.37. The predicted molar refractivity (Wildman–Crippen MR) is 69.8 cm³/mol. The zero-order valence-corrected chi connectivity index (χ0v) is 10.8. The van der Waals surface area contributed by atoms with Crippen molar-refractivity contribution in [2.45, 2.75) is 25.7 Å². The highest BCUT2D eigenvalue weighted by Crippen LogP contribution is 2.44. The third-order valence-corrected chi connectivity index (χ3v) is 4.25. The van der Waals surface area contributed by atoms with Gasteiger partial charge in [-0.1, -0.05) is 37.3 Å². The molecule has 19 heavy (non-hydrogen) atoms. The Morgan fingerprint density at radius 1 is 1.05 bits per heavy atom. The summed E-state index contributed by atoms with van der Waals surface area (Å²) in [6.07, 6.45) is 1.15. The molecule has 0 heterocycles. The van der Waals surface area contributed by atoms with Crippen LogP contribution >= 0.6 is 0 Å². The molecule has 4 atom stereocenters. The van der Waals surface area contributed by atoms with Gasteiger partial charge >= 0.3 is 11.9 Å². The largest absolute Gasteiger partial charge is 0.481 e. The third kappa shape index (κ3) is 2.62. The minimum Gasteiger partial charge on any atom is -0.481 e. The van der Waals surface area contributed by atoms with E-state index in [1.165, 1.54) is 0 Å². The fourth-order valence-electron chi connectivity index (χ4n) is 3.26. The van der Waals surface area contributed by atoms with E-state index < -0.39 is 23.8 Å². The molecule has 0 spiro atoms. The second-order valence-corrected chi connectivity index (χ2v) is 5.26. The Morgan fingerprint density at radius 2 is 1.68 bits per heavy atom. The molecule has 0 unspecified atom stereocenters. The van der Waals surface area contributed by atoms with E-state index in [0.29, 0.717) is 6.42 Å². The van der Waals surface area contributed by atoms with Crippen LogP contribution in [-0.4, -0.2) is 22.2 Å². The predicted octanol–water partition coefficient (Wildman–Crippen LogP) is 2.60. The lowest BCUT2D eigenvalue weighted by Crippen LogP contribution is -2.40. The van der Waals surface area contributed by atoms with Crippen LogP contribution in [0.5, 0.6) is 0 Å². The maximum Gasteiger partial charge on any atom is 0.307 e. The number of rotatable bonds is 3. The molecule has 0 aliphatic heterocycles. The van der Waals surface area contributed by atoms with Crippen LogP contribution in [0.1, 0.15) is 31.2 Å². The summed E-state index contributed by atoms with van der Waals surface area (Å²) < 4.78 is 0. The van der Waals surface area contributed by atoms with Crippen molar-refractivity contribution < 1.29 is 19.8 Å². The summed E-state index contributed by atoms with van der Waals surface area (Å²) in [6.45, 7) is 1.85. The van der Waals surface area contributed by atoms with Gasteiger partial charge in [0.15, 0.2) is 0 Å². The molecule has 4 nitrogen and oxygen atoms in total. The number of hydrogen-bond donors (Lipinski definition) is 2. The van der Waals surface area contributed by atoms with Crippen molar-refractivity contribution in [2.75, 3.05) is 0 Å². The van der Waals surface area contributed by atoms with Gasteiger partial charge in [0.05, 0.1) is 11.8 Å². The van der Waals surface area contributed by atoms with Gasteiger partial charge in [-0.2, -0.15) is 0 Å². The van der Waals surface area contributed by atoms with E-state index in [9.17, 15) is 14.7 Å². The van der Waals surface area contributed by atoms with Gasteiger partial charge in [-0.15, -0.1) is 0 Å². The van der Waals surface area contributed by atoms with Crippen molar-refractivity contribution in [3.8, 4) is 0 Å². The van der Waals surface area contributed by atoms with Crippen LogP contribution in [0.25, 0.3) is 0 Å². The Morgan fingerprint density at radius 3 is 2.21 bits per heavy atom. The molecule has 0 amide bonds. The highest BCUT2D eigenvalue weighted by molar-refractivity contribution is 5.80. The second kappa shape index (κ2) is 5.43. The normalized spacial score (nSPS) is 30.8. The van der Waals surface area contributed by atoms with Gasteiger partial charge in [0.25, 0.3) is 0 Å². The fraction of sp³-hybridized carbons (Fsp3) is 0.467. The van der Waals surface area contributed by atoms with E-state index in [4.69, 9.17) is 5.11 Å². The van der Waals surface area contributed by atoms with Crippen molar-refractivity contribution in [2.24, 2.45) is 17.8 Å². The maximum atomic E-state index is 11.4. The fourth-order valence-corrected chi connectivity index (χ4v) is 3.26. The van der Waals surface area contributed by atoms with Crippen molar-refractivity contribution in [3.63, 3.8) is 0 Å². The number of benzene rings is 1. The maximum absolute atomic E-state index is 11.4. The highest BCUT2D eigenvalue weighted by atomic mass is 16.4. The first kappa shape index (κ1) is 13.6. The minimum absolute atomic E-state index is 0.123.